The lowest BCUT2D eigenvalue weighted by molar-refractivity contribution is -0.137. The minimum absolute atomic E-state index is 0.228. The van der Waals surface area contributed by atoms with Gasteiger partial charge in [-0.15, -0.1) is 0 Å². The molecule has 0 aliphatic carbocycles. The molecular weight excluding hydrogens is 577 g/mol. The average Bonchev–Trinajstić information content (AvgIpc) is 3.04. The summed E-state index contributed by atoms with van der Waals surface area (Å²) in [6.07, 6.45) is -4.65. The summed E-state index contributed by atoms with van der Waals surface area (Å²) in [5.74, 6) is -2.04. The van der Waals surface area contributed by atoms with Gasteiger partial charge < -0.3 is 10.1 Å². The highest BCUT2D eigenvalue weighted by molar-refractivity contribution is 9.10. The molecular formula is C26H17BrClF3N2O4. The Morgan fingerprint density at radius 2 is 1.59 bits per heavy atom. The van der Waals surface area contributed by atoms with E-state index in [1.807, 2.05) is 26.0 Å². The van der Waals surface area contributed by atoms with Gasteiger partial charge in [0.15, 0.2) is 0 Å². The number of alkyl halides is 3. The van der Waals surface area contributed by atoms with Crippen LogP contribution in [0.15, 0.2) is 75.9 Å². The van der Waals surface area contributed by atoms with Gasteiger partial charge >= 0.3 is 12.1 Å². The van der Waals surface area contributed by atoms with Crippen molar-refractivity contribution in [2.24, 2.45) is 0 Å². The number of carbonyl (C=O) groups is 3. The van der Waals surface area contributed by atoms with Gasteiger partial charge in [-0.3, -0.25) is 9.59 Å². The third-order valence-electron chi connectivity index (χ3n) is 5.47. The molecule has 1 aliphatic rings. The highest BCUT2D eigenvalue weighted by Crippen LogP contribution is 2.35. The summed E-state index contributed by atoms with van der Waals surface area (Å²) in [7, 11) is 0. The van der Waals surface area contributed by atoms with Gasteiger partial charge in [-0.05, 0) is 79.6 Å². The van der Waals surface area contributed by atoms with Gasteiger partial charge in [0.05, 0.1) is 16.8 Å². The third-order valence-corrected chi connectivity index (χ3v) is 6.28. The molecule has 0 fully saturated rings. The Kier molecular flexibility index (Phi) is 7.16. The molecule has 0 saturated heterocycles. The number of halogens is 5. The largest absolute Gasteiger partial charge is 0.422 e. The zero-order chi connectivity index (χ0) is 27.1. The maximum absolute atomic E-state index is 13.1. The van der Waals surface area contributed by atoms with Crippen LogP contribution in [0.3, 0.4) is 0 Å². The van der Waals surface area contributed by atoms with E-state index in [2.05, 4.69) is 21.2 Å². The number of imide groups is 1. The lowest BCUT2D eigenvalue weighted by Gasteiger charge is -2.17. The zero-order valence-electron chi connectivity index (χ0n) is 19.2. The molecule has 1 heterocycles. The Morgan fingerprint density at radius 3 is 2.19 bits per heavy atom. The van der Waals surface area contributed by atoms with Crippen molar-refractivity contribution in [2.45, 2.75) is 20.0 Å². The predicted octanol–water partition coefficient (Wildman–Crippen LogP) is 6.74. The standard InChI is InChI=1S/C26H17BrClF3N2O4/c1-13-10-17(27)11-14(2)22(13)37-25(36)15-6-8-18(9-7-15)32-21-20(28)23(34)33(24(21)35)19-5-3-4-16(12-19)26(29,30)31/h3-12,32H,1-2H3. The molecule has 6 nitrogen and oxygen atoms in total. The molecule has 3 aromatic rings. The molecule has 0 bridgehead atoms. The Morgan fingerprint density at radius 1 is 0.973 bits per heavy atom. The number of hydrogen-bond donors (Lipinski definition) is 1. The first-order valence-corrected chi connectivity index (χ1v) is 11.9. The number of ether oxygens (including phenoxy) is 1. The second-order valence-electron chi connectivity index (χ2n) is 8.14. The molecule has 0 unspecified atom stereocenters. The minimum Gasteiger partial charge on any atom is -0.422 e. The van der Waals surface area contributed by atoms with E-state index < -0.39 is 34.6 Å². The summed E-state index contributed by atoms with van der Waals surface area (Å²) in [5.41, 5.74) is 0.500. The fourth-order valence-corrected chi connectivity index (χ4v) is 4.61. The van der Waals surface area contributed by atoms with Crippen LogP contribution in [0.4, 0.5) is 24.5 Å². The molecule has 0 radical (unpaired) electrons. The molecule has 4 rings (SSSR count). The number of anilines is 2. The first-order chi connectivity index (χ1) is 17.4. The summed E-state index contributed by atoms with van der Waals surface area (Å²) in [6.45, 7) is 3.63. The second-order valence-corrected chi connectivity index (χ2v) is 9.44. The van der Waals surface area contributed by atoms with E-state index in [0.717, 1.165) is 27.7 Å². The maximum Gasteiger partial charge on any atom is 0.416 e. The zero-order valence-corrected chi connectivity index (χ0v) is 21.6. The molecule has 11 heteroatoms. The normalized spacial score (nSPS) is 13.9. The monoisotopic (exact) mass is 592 g/mol. The van der Waals surface area contributed by atoms with Crippen molar-refractivity contribution >= 4 is 56.7 Å². The van der Waals surface area contributed by atoms with E-state index in [-0.39, 0.29) is 16.9 Å². The molecule has 3 aromatic carbocycles. The average molecular weight is 594 g/mol. The molecule has 0 aromatic heterocycles. The molecule has 190 valence electrons. The van der Waals surface area contributed by atoms with Crippen LogP contribution in [-0.2, 0) is 15.8 Å². The quantitative estimate of drug-likeness (QED) is 0.202. The minimum atomic E-state index is -4.65. The number of benzene rings is 3. The van der Waals surface area contributed by atoms with Crippen LogP contribution >= 0.6 is 27.5 Å². The lowest BCUT2D eigenvalue weighted by atomic mass is 10.1. The van der Waals surface area contributed by atoms with Crippen LogP contribution in [0.25, 0.3) is 0 Å². The van der Waals surface area contributed by atoms with Gasteiger partial charge in [0.25, 0.3) is 11.8 Å². The topological polar surface area (TPSA) is 75.7 Å². The van der Waals surface area contributed by atoms with Crippen LogP contribution in [0, 0.1) is 13.8 Å². The smallest absolute Gasteiger partial charge is 0.416 e. The molecule has 1 aliphatic heterocycles. The number of carbonyl (C=O) groups excluding carboxylic acids is 3. The first kappa shape index (κ1) is 26.4. The summed E-state index contributed by atoms with van der Waals surface area (Å²) >= 11 is 9.45. The Labute approximate surface area is 222 Å². The number of aryl methyl sites for hydroxylation is 2. The van der Waals surface area contributed by atoms with Crippen molar-refractivity contribution in [3.05, 3.63) is 98.1 Å². The molecule has 1 N–H and O–H groups in total. The van der Waals surface area contributed by atoms with Crippen molar-refractivity contribution in [1.29, 1.82) is 0 Å². The van der Waals surface area contributed by atoms with Crippen molar-refractivity contribution < 1.29 is 32.3 Å². The van der Waals surface area contributed by atoms with E-state index in [1.165, 1.54) is 30.3 Å². The molecule has 0 spiro atoms. The van der Waals surface area contributed by atoms with Crippen molar-refractivity contribution in [3.63, 3.8) is 0 Å². The van der Waals surface area contributed by atoms with E-state index in [9.17, 15) is 27.6 Å². The van der Waals surface area contributed by atoms with E-state index >= 15 is 0 Å². The number of hydrogen-bond acceptors (Lipinski definition) is 5. The summed E-state index contributed by atoms with van der Waals surface area (Å²) in [4.78, 5) is 38.7. The van der Waals surface area contributed by atoms with Crippen LogP contribution in [-0.4, -0.2) is 17.8 Å². The lowest BCUT2D eigenvalue weighted by Crippen LogP contribution is -2.32. The third kappa shape index (κ3) is 5.40. The number of rotatable bonds is 5. The Balaban J connectivity index is 1.51. The SMILES string of the molecule is Cc1cc(Br)cc(C)c1OC(=O)c1ccc(NC2=C(Cl)C(=O)N(c3cccc(C(F)(F)F)c3)C2=O)cc1. The number of nitrogens with zero attached hydrogens (tertiary/aromatic N) is 1. The predicted molar refractivity (Wildman–Crippen MR) is 135 cm³/mol. The van der Waals surface area contributed by atoms with E-state index in [0.29, 0.717) is 22.4 Å². The fraction of sp³-hybridized carbons (Fsp3) is 0.115. The molecule has 2 amide bonds. The maximum atomic E-state index is 13.1. The van der Waals surface area contributed by atoms with Crippen molar-refractivity contribution in [1.82, 2.24) is 0 Å². The van der Waals surface area contributed by atoms with Crippen LogP contribution < -0.4 is 15.0 Å². The number of nitrogens with one attached hydrogen (secondary N) is 1. The van der Waals surface area contributed by atoms with Crippen LogP contribution in [0.1, 0.15) is 27.0 Å². The van der Waals surface area contributed by atoms with Gasteiger partial charge in [0.2, 0.25) is 0 Å². The summed E-state index contributed by atoms with van der Waals surface area (Å²) in [6, 6.07) is 13.3. The van der Waals surface area contributed by atoms with Gasteiger partial charge in [-0.1, -0.05) is 33.6 Å². The van der Waals surface area contributed by atoms with Crippen LogP contribution in [0.2, 0.25) is 0 Å². The van der Waals surface area contributed by atoms with Gasteiger partial charge in [-0.2, -0.15) is 13.2 Å². The fourth-order valence-electron chi connectivity index (χ4n) is 3.71. The van der Waals surface area contributed by atoms with E-state index in [1.54, 1.807) is 0 Å². The van der Waals surface area contributed by atoms with Gasteiger partial charge in [0.1, 0.15) is 16.5 Å². The molecule has 0 atom stereocenters. The first-order valence-electron chi connectivity index (χ1n) is 10.7. The highest BCUT2D eigenvalue weighted by Gasteiger charge is 2.40. The molecule has 37 heavy (non-hydrogen) atoms. The van der Waals surface area contributed by atoms with Crippen LogP contribution in [0.5, 0.6) is 5.75 Å². The van der Waals surface area contributed by atoms with Crippen molar-refractivity contribution in [2.75, 3.05) is 10.2 Å². The highest BCUT2D eigenvalue weighted by atomic mass is 79.9. The van der Waals surface area contributed by atoms with Crippen molar-refractivity contribution in [3.8, 4) is 5.75 Å². The number of esters is 1. The molecule has 0 saturated carbocycles. The Hall–Kier alpha value is -3.63. The summed E-state index contributed by atoms with van der Waals surface area (Å²) in [5, 5.41) is 2.23. The van der Waals surface area contributed by atoms with Gasteiger partial charge in [0, 0.05) is 10.2 Å². The number of amides is 2. The second kappa shape index (κ2) is 10.0. The summed E-state index contributed by atoms with van der Waals surface area (Å²) < 4.78 is 45.7. The van der Waals surface area contributed by atoms with Gasteiger partial charge in [-0.25, -0.2) is 9.69 Å². The Bertz CT molecular complexity index is 1450. The van der Waals surface area contributed by atoms with E-state index in [4.69, 9.17) is 16.3 Å².